The second kappa shape index (κ2) is 6.22. The number of hydrogen-bond acceptors (Lipinski definition) is 3. The summed E-state index contributed by atoms with van der Waals surface area (Å²) in [6, 6.07) is 8.78. The number of methoxy groups -OCH3 is 1. The van der Waals surface area contributed by atoms with Crippen LogP contribution >= 0.6 is 0 Å². The molecule has 1 aromatic rings. The Bertz CT molecular complexity index is 447. The van der Waals surface area contributed by atoms with Crippen molar-refractivity contribution in [1.29, 1.82) is 0 Å². The van der Waals surface area contributed by atoms with Gasteiger partial charge in [-0.1, -0.05) is 24.6 Å². The van der Waals surface area contributed by atoms with E-state index in [9.17, 15) is 9.59 Å². The third-order valence-electron chi connectivity index (χ3n) is 3.37. The number of para-hydroxylation sites is 1. The molecule has 102 valence electrons. The van der Waals surface area contributed by atoms with Gasteiger partial charge in [-0.25, -0.2) is 4.79 Å². The number of anilines is 1. The number of rotatable bonds is 3. The maximum atomic E-state index is 11.9. The maximum Gasteiger partial charge on any atom is 0.319 e. The van der Waals surface area contributed by atoms with Crippen LogP contribution in [-0.4, -0.2) is 25.2 Å². The van der Waals surface area contributed by atoms with Crippen LogP contribution in [0.2, 0.25) is 0 Å². The maximum absolute atomic E-state index is 11.9. The molecule has 0 aliphatic heterocycles. The Kier molecular flexibility index (Phi) is 4.39. The van der Waals surface area contributed by atoms with Gasteiger partial charge in [-0.3, -0.25) is 4.79 Å². The van der Waals surface area contributed by atoms with Gasteiger partial charge in [-0.15, -0.1) is 0 Å². The Morgan fingerprint density at radius 1 is 1.21 bits per heavy atom. The molecule has 0 saturated heterocycles. The molecule has 0 aromatic heterocycles. The summed E-state index contributed by atoms with van der Waals surface area (Å²) in [6.07, 6.45) is 2.50. The van der Waals surface area contributed by atoms with E-state index in [4.69, 9.17) is 4.74 Å². The highest BCUT2D eigenvalue weighted by atomic mass is 16.5. The van der Waals surface area contributed by atoms with Gasteiger partial charge < -0.3 is 15.4 Å². The van der Waals surface area contributed by atoms with Crippen LogP contribution in [0.4, 0.5) is 10.5 Å². The van der Waals surface area contributed by atoms with Crippen LogP contribution in [0.5, 0.6) is 0 Å². The standard InChI is InChI=1S/C14H18N2O3/c1-19-13(17)11-8-5-9-12(11)16-14(18)15-10-6-3-2-4-7-10/h2-4,6-7,11-12H,5,8-9H2,1H3,(H2,15,16,18)/t11-,12+/m1/s1. The summed E-state index contributed by atoms with van der Waals surface area (Å²) in [7, 11) is 1.38. The minimum Gasteiger partial charge on any atom is -0.469 e. The molecule has 1 aromatic carbocycles. The average Bonchev–Trinajstić information content (AvgIpc) is 2.87. The predicted molar refractivity (Wildman–Crippen MR) is 71.7 cm³/mol. The van der Waals surface area contributed by atoms with Gasteiger partial charge in [0.2, 0.25) is 0 Å². The van der Waals surface area contributed by atoms with E-state index in [-0.39, 0.29) is 24.0 Å². The number of benzene rings is 1. The van der Waals surface area contributed by atoms with E-state index in [1.165, 1.54) is 7.11 Å². The largest absolute Gasteiger partial charge is 0.469 e. The molecule has 2 rings (SSSR count). The van der Waals surface area contributed by atoms with Crippen LogP contribution in [0.25, 0.3) is 0 Å². The summed E-state index contributed by atoms with van der Waals surface area (Å²) < 4.78 is 4.75. The first kappa shape index (κ1) is 13.4. The molecule has 0 heterocycles. The molecule has 0 bridgehead atoms. The van der Waals surface area contributed by atoms with Crippen molar-refractivity contribution in [1.82, 2.24) is 5.32 Å². The Hall–Kier alpha value is -2.04. The Morgan fingerprint density at radius 3 is 2.63 bits per heavy atom. The molecule has 2 atom stereocenters. The molecule has 5 nitrogen and oxygen atoms in total. The number of carbonyl (C=O) groups excluding carboxylic acids is 2. The highest BCUT2D eigenvalue weighted by Crippen LogP contribution is 2.26. The zero-order valence-corrected chi connectivity index (χ0v) is 10.9. The van der Waals surface area contributed by atoms with E-state index >= 15 is 0 Å². The number of esters is 1. The third-order valence-corrected chi connectivity index (χ3v) is 3.37. The molecule has 1 fully saturated rings. The SMILES string of the molecule is COC(=O)[C@@H]1CCC[C@@H]1NC(=O)Nc1ccccc1. The quantitative estimate of drug-likeness (QED) is 0.820. The number of amides is 2. The first-order valence-electron chi connectivity index (χ1n) is 6.41. The van der Waals surface area contributed by atoms with Crippen LogP contribution in [0.1, 0.15) is 19.3 Å². The second-order valence-corrected chi connectivity index (χ2v) is 4.63. The summed E-state index contributed by atoms with van der Waals surface area (Å²) in [5.74, 6) is -0.478. The van der Waals surface area contributed by atoms with Crippen molar-refractivity contribution in [2.75, 3.05) is 12.4 Å². The van der Waals surface area contributed by atoms with Gasteiger partial charge in [-0.2, -0.15) is 0 Å². The number of hydrogen-bond donors (Lipinski definition) is 2. The van der Waals surface area contributed by atoms with Gasteiger partial charge in [0, 0.05) is 11.7 Å². The van der Waals surface area contributed by atoms with Crippen molar-refractivity contribution in [2.24, 2.45) is 5.92 Å². The van der Waals surface area contributed by atoms with Gasteiger partial charge in [-0.05, 0) is 25.0 Å². The topological polar surface area (TPSA) is 67.4 Å². The van der Waals surface area contributed by atoms with E-state index in [2.05, 4.69) is 10.6 Å². The summed E-state index contributed by atoms with van der Waals surface area (Å²) in [4.78, 5) is 23.4. The van der Waals surface area contributed by atoms with Crippen molar-refractivity contribution >= 4 is 17.7 Å². The lowest BCUT2D eigenvalue weighted by atomic mass is 10.0. The van der Waals surface area contributed by atoms with Crippen molar-refractivity contribution in [2.45, 2.75) is 25.3 Å². The van der Waals surface area contributed by atoms with Crippen molar-refractivity contribution in [3.63, 3.8) is 0 Å². The van der Waals surface area contributed by atoms with Gasteiger partial charge >= 0.3 is 12.0 Å². The minimum atomic E-state index is -0.285. The number of nitrogens with one attached hydrogen (secondary N) is 2. The summed E-state index contributed by atoms with van der Waals surface area (Å²) in [5.41, 5.74) is 0.729. The second-order valence-electron chi connectivity index (χ2n) is 4.63. The smallest absolute Gasteiger partial charge is 0.319 e. The van der Waals surface area contributed by atoms with E-state index in [1.54, 1.807) is 0 Å². The Balaban J connectivity index is 1.90. The molecule has 0 spiro atoms. The minimum absolute atomic E-state index is 0.142. The first-order chi connectivity index (χ1) is 9.20. The van der Waals surface area contributed by atoms with Gasteiger partial charge in [0.05, 0.1) is 13.0 Å². The Morgan fingerprint density at radius 2 is 1.95 bits per heavy atom. The zero-order valence-electron chi connectivity index (χ0n) is 10.9. The monoisotopic (exact) mass is 262 g/mol. The van der Waals surface area contributed by atoms with Crippen molar-refractivity contribution in [3.8, 4) is 0 Å². The summed E-state index contributed by atoms with van der Waals surface area (Å²) >= 11 is 0. The molecule has 2 N–H and O–H groups in total. The summed E-state index contributed by atoms with van der Waals surface area (Å²) in [5, 5.41) is 5.59. The normalized spacial score (nSPS) is 21.7. The van der Waals surface area contributed by atoms with E-state index < -0.39 is 0 Å². The molecule has 0 radical (unpaired) electrons. The average molecular weight is 262 g/mol. The lowest BCUT2D eigenvalue weighted by Crippen LogP contribution is -2.42. The fraction of sp³-hybridized carbons (Fsp3) is 0.429. The van der Waals surface area contributed by atoms with Crippen LogP contribution < -0.4 is 10.6 Å². The molecule has 0 unspecified atom stereocenters. The van der Waals surface area contributed by atoms with Crippen LogP contribution in [-0.2, 0) is 9.53 Å². The summed E-state index contributed by atoms with van der Waals surface area (Å²) in [6.45, 7) is 0. The lowest BCUT2D eigenvalue weighted by Gasteiger charge is -2.19. The lowest BCUT2D eigenvalue weighted by molar-refractivity contribution is -0.145. The molecule has 5 heteroatoms. The van der Waals surface area contributed by atoms with Crippen molar-refractivity contribution < 1.29 is 14.3 Å². The van der Waals surface area contributed by atoms with E-state index in [1.807, 2.05) is 30.3 Å². The van der Waals surface area contributed by atoms with Gasteiger partial charge in [0.1, 0.15) is 0 Å². The molecule has 1 saturated carbocycles. The van der Waals surface area contributed by atoms with Gasteiger partial charge in [0.15, 0.2) is 0 Å². The molecule has 1 aliphatic rings. The molecule has 2 amide bonds. The van der Waals surface area contributed by atoms with E-state index in [0.717, 1.165) is 24.9 Å². The van der Waals surface area contributed by atoms with Gasteiger partial charge in [0.25, 0.3) is 0 Å². The fourth-order valence-corrected chi connectivity index (χ4v) is 2.42. The number of ether oxygens (including phenoxy) is 1. The van der Waals surface area contributed by atoms with Crippen LogP contribution in [0.15, 0.2) is 30.3 Å². The molecule has 1 aliphatic carbocycles. The first-order valence-corrected chi connectivity index (χ1v) is 6.41. The van der Waals surface area contributed by atoms with Crippen molar-refractivity contribution in [3.05, 3.63) is 30.3 Å². The number of urea groups is 1. The predicted octanol–water partition coefficient (Wildman–Crippen LogP) is 2.15. The molecular weight excluding hydrogens is 244 g/mol. The van der Waals surface area contributed by atoms with Crippen LogP contribution in [0.3, 0.4) is 0 Å². The fourth-order valence-electron chi connectivity index (χ4n) is 2.42. The zero-order chi connectivity index (χ0) is 13.7. The Labute approximate surface area is 112 Å². The molecular formula is C14H18N2O3. The highest BCUT2D eigenvalue weighted by molar-refractivity contribution is 5.89. The number of carbonyl (C=O) groups is 2. The van der Waals surface area contributed by atoms with Crippen LogP contribution in [0, 0.1) is 5.92 Å². The molecule has 19 heavy (non-hydrogen) atoms. The van der Waals surface area contributed by atoms with E-state index in [0.29, 0.717) is 0 Å². The highest BCUT2D eigenvalue weighted by Gasteiger charge is 2.34. The third kappa shape index (κ3) is 3.47.